The Morgan fingerprint density at radius 1 is 1.24 bits per heavy atom. The van der Waals surface area contributed by atoms with Crippen LogP contribution in [-0.4, -0.2) is 42.0 Å². The maximum absolute atomic E-state index is 13.7. The summed E-state index contributed by atoms with van der Waals surface area (Å²) in [6.07, 6.45) is 6.61. The molecule has 0 atom stereocenters. The zero-order chi connectivity index (χ0) is 17.6. The lowest BCUT2D eigenvalue weighted by Gasteiger charge is -2.31. The molecule has 1 N–H and O–H groups in total. The number of nitrogens with zero attached hydrogens (tertiary/aromatic N) is 2. The minimum Gasteiger partial charge on any atom is -0.328 e. The molecule has 4 nitrogen and oxygen atoms in total. The number of amides is 1. The molecule has 2 aromatic rings. The first-order valence-electron chi connectivity index (χ1n) is 8.26. The monoisotopic (exact) mass is 404 g/mol. The average molecular weight is 405 g/mol. The third-order valence-corrected chi connectivity index (χ3v) is 4.84. The number of nitrogens with one attached hydrogen (secondary N) is 1. The van der Waals surface area contributed by atoms with Crippen LogP contribution < -0.4 is 4.90 Å². The van der Waals surface area contributed by atoms with Crippen molar-refractivity contribution in [2.24, 2.45) is 0 Å². The van der Waals surface area contributed by atoms with Gasteiger partial charge in [0.2, 0.25) is 5.91 Å². The van der Waals surface area contributed by atoms with Crippen LogP contribution in [0.2, 0.25) is 0 Å². The Labute approximate surface area is 155 Å². The minimum absolute atomic E-state index is 0.0673. The number of benzene rings is 1. The summed E-state index contributed by atoms with van der Waals surface area (Å²) in [5, 5.41) is 0. The Kier molecular flexibility index (Phi) is 5.94. The Hall–Kier alpha value is -2.05. The number of halogens is 2. The first-order valence-corrected chi connectivity index (χ1v) is 9.05. The maximum Gasteiger partial charge on any atom is 0.246 e. The van der Waals surface area contributed by atoms with Gasteiger partial charge in [-0.15, -0.1) is 0 Å². The van der Waals surface area contributed by atoms with E-state index in [0.29, 0.717) is 18.7 Å². The number of piperazine rings is 1. The Balaban J connectivity index is 1.53. The zero-order valence-corrected chi connectivity index (χ0v) is 15.4. The fraction of sp³-hybridized carbons (Fsp3) is 0.263. The number of carbonyl (C=O) groups excluding carboxylic acids is 1. The van der Waals surface area contributed by atoms with Crippen LogP contribution in [-0.2, 0) is 11.3 Å². The molecule has 1 saturated heterocycles. The van der Waals surface area contributed by atoms with E-state index in [-0.39, 0.29) is 11.7 Å². The van der Waals surface area contributed by atoms with Gasteiger partial charge in [-0.05, 0) is 36.4 Å². The van der Waals surface area contributed by atoms with Gasteiger partial charge >= 0.3 is 0 Å². The highest BCUT2D eigenvalue weighted by atomic mass is 79.9. The van der Waals surface area contributed by atoms with Crippen LogP contribution in [0, 0.1) is 5.82 Å². The van der Waals surface area contributed by atoms with Crippen molar-refractivity contribution in [3.05, 3.63) is 70.2 Å². The summed E-state index contributed by atoms with van der Waals surface area (Å²) in [5.74, 6) is -0.402. The molecule has 1 aromatic heterocycles. The number of rotatable bonds is 4. The quantitative estimate of drug-likeness (QED) is 0.790. The number of quaternary nitrogens is 1. The van der Waals surface area contributed by atoms with Gasteiger partial charge in [-0.2, -0.15) is 0 Å². The fourth-order valence-electron chi connectivity index (χ4n) is 2.92. The molecule has 0 aliphatic carbocycles. The van der Waals surface area contributed by atoms with Crippen LogP contribution in [0.3, 0.4) is 0 Å². The van der Waals surface area contributed by atoms with Gasteiger partial charge in [0.15, 0.2) is 0 Å². The summed E-state index contributed by atoms with van der Waals surface area (Å²) < 4.78 is 14.5. The SMILES string of the molecule is O=C(/C=C/c1cc(Br)ccc1F)N1CC[NH+](Cc2ccncc2)CC1. The van der Waals surface area contributed by atoms with Crippen LogP contribution in [0.15, 0.2) is 53.3 Å². The predicted octanol–water partition coefficient (Wildman–Crippen LogP) is 1.92. The van der Waals surface area contributed by atoms with E-state index in [1.807, 2.05) is 17.0 Å². The molecule has 25 heavy (non-hydrogen) atoms. The van der Waals surface area contributed by atoms with E-state index in [1.54, 1.807) is 30.6 Å². The molecule has 0 saturated carbocycles. The number of aromatic nitrogens is 1. The van der Waals surface area contributed by atoms with Gasteiger partial charge in [0.1, 0.15) is 12.4 Å². The fourth-order valence-corrected chi connectivity index (χ4v) is 3.30. The van der Waals surface area contributed by atoms with E-state index >= 15 is 0 Å². The largest absolute Gasteiger partial charge is 0.328 e. The van der Waals surface area contributed by atoms with Gasteiger partial charge in [-0.25, -0.2) is 4.39 Å². The maximum atomic E-state index is 13.7. The molecule has 3 rings (SSSR count). The van der Waals surface area contributed by atoms with Gasteiger partial charge in [0.25, 0.3) is 0 Å². The molecule has 2 heterocycles. The van der Waals surface area contributed by atoms with Crippen molar-refractivity contribution in [1.29, 1.82) is 0 Å². The molecule has 1 aliphatic rings. The highest BCUT2D eigenvalue weighted by Gasteiger charge is 2.22. The number of pyridine rings is 1. The van der Waals surface area contributed by atoms with E-state index in [0.717, 1.165) is 24.1 Å². The van der Waals surface area contributed by atoms with Crippen molar-refractivity contribution in [1.82, 2.24) is 9.88 Å². The molecule has 1 fully saturated rings. The third kappa shape index (κ3) is 4.96. The van der Waals surface area contributed by atoms with Gasteiger partial charge in [-0.3, -0.25) is 9.78 Å². The first kappa shape index (κ1) is 17.8. The molecular weight excluding hydrogens is 385 g/mol. The molecule has 0 radical (unpaired) electrons. The predicted molar refractivity (Wildman–Crippen MR) is 98.4 cm³/mol. The van der Waals surface area contributed by atoms with Crippen LogP contribution in [0.4, 0.5) is 4.39 Å². The summed E-state index contributed by atoms with van der Waals surface area (Å²) in [6, 6.07) is 8.74. The van der Waals surface area contributed by atoms with Crippen molar-refractivity contribution in [2.45, 2.75) is 6.54 Å². The van der Waals surface area contributed by atoms with Crippen LogP contribution >= 0.6 is 15.9 Å². The molecule has 6 heteroatoms. The lowest BCUT2D eigenvalue weighted by atomic mass is 10.2. The second kappa shape index (κ2) is 8.36. The lowest BCUT2D eigenvalue weighted by molar-refractivity contribution is -0.917. The summed E-state index contributed by atoms with van der Waals surface area (Å²) in [4.78, 5) is 19.6. The summed E-state index contributed by atoms with van der Waals surface area (Å²) in [7, 11) is 0. The molecule has 0 unspecified atom stereocenters. The van der Waals surface area contributed by atoms with E-state index in [2.05, 4.69) is 20.9 Å². The van der Waals surface area contributed by atoms with Gasteiger partial charge in [-0.1, -0.05) is 15.9 Å². The molecule has 1 amide bonds. The molecule has 1 aromatic carbocycles. The van der Waals surface area contributed by atoms with Crippen molar-refractivity contribution >= 4 is 27.9 Å². The van der Waals surface area contributed by atoms with Gasteiger partial charge < -0.3 is 9.80 Å². The van der Waals surface area contributed by atoms with E-state index in [1.165, 1.54) is 22.6 Å². The normalized spacial score (nSPS) is 15.7. The molecule has 0 spiro atoms. The minimum atomic E-state index is -0.334. The van der Waals surface area contributed by atoms with Crippen molar-refractivity contribution in [2.75, 3.05) is 26.2 Å². The summed E-state index contributed by atoms with van der Waals surface area (Å²) in [5.41, 5.74) is 1.67. The molecule has 130 valence electrons. The van der Waals surface area contributed by atoms with Crippen LogP contribution in [0.5, 0.6) is 0 Å². The second-order valence-electron chi connectivity index (χ2n) is 6.11. The topological polar surface area (TPSA) is 37.6 Å². The highest BCUT2D eigenvalue weighted by Crippen LogP contribution is 2.16. The summed E-state index contributed by atoms with van der Waals surface area (Å²) >= 11 is 3.31. The lowest BCUT2D eigenvalue weighted by Crippen LogP contribution is -3.13. The average Bonchev–Trinajstić information content (AvgIpc) is 2.64. The number of hydrogen-bond donors (Lipinski definition) is 1. The molecule has 1 aliphatic heterocycles. The Morgan fingerprint density at radius 3 is 2.68 bits per heavy atom. The molecular formula is C19H20BrFN3O+. The van der Waals surface area contributed by atoms with Crippen LogP contribution in [0.1, 0.15) is 11.1 Å². The highest BCUT2D eigenvalue weighted by molar-refractivity contribution is 9.10. The Bertz CT molecular complexity index is 759. The smallest absolute Gasteiger partial charge is 0.246 e. The zero-order valence-electron chi connectivity index (χ0n) is 13.8. The van der Waals surface area contributed by atoms with E-state index < -0.39 is 0 Å². The standard InChI is InChI=1S/C19H19BrFN3O/c20-17-2-3-18(21)16(13-17)1-4-19(25)24-11-9-23(10-12-24)14-15-5-7-22-8-6-15/h1-8,13H,9-12,14H2/p+1/b4-1+. The third-order valence-electron chi connectivity index (χ3n) is 4.35. The first-order chi connectivity index (χ1) is 12.1. The number of carbonyl (C=O) groups is 1. The number of hydrogen-bond acceptors (Lipinski definition) is 2. The van der Waals surface area contributed by atoms with E-state index in [9.17, 15) is 9.18 Å². The van der Waals surface area contributed by atoms with Crippen molar-refractivity contribution < 1.29 is 14.1 Å². The second-order valence-corrected chi connectivity index (χ2v) is 7.02. The van der Waals surface area contributed by atoms with Crippen LogP contribution in [0.25, 0.3) is 6.08 Å². The summed E-state index contributed by atoms with van der Waals surface area (Å²) in [6.45, 7) is 4.19. The van der Waals surface area contributed by atoms with E-state index in [4.69, 9.17) is 0 Å². The molecule has 0 bridgehead atoms. The van der Waals surface area contributed by atoms with Crippen molar-refractivity contribution in [3.63, 3.8) is 0 Å². The van der Waals surface area contributed by atoms with Crippen molar-refractivity contribution in [3.8, 4) is 0 Å². The van der Waals surface area contributed by atoms with Gasteiger partial charge in [0.05, 0.1) is 26.2 Å². The van der Waals surface area contributed by atoms with Gasteiger partial charge in [0, 0.05) is 34.1 Å². The Morgan fingerprint density at radius 2 is 1.96 bits per heavy atom.